The molecule has 1 aromatic rings. The zero-order valence-corrected chi connectivity index (χ0v) is 18.1. The Kier molecular flexibility index (Phi) is 12.0. The van der Waals surface area contributed by atoms with Crippen molar-refractivity contribution in [3.63, 3.8) is 0 Å². The van der Waals surface area contributed by atoms with Gasteiger partial charge in [0.1, 0.15) is 5.76 Å². The summed E-state index contributed by atoms with van der Waals surface area (Å²) in [6.45, 7) is 9.69. The van der Waals surface area contributed by atoms with Crippen LogP contribution >= 0.6 is 24.0 Å². The molecular formula is C19H35IN4O. The average Bonchev–Trinajstić information content (AvgIpc) is 3.13. The number of piperidine rings is 1. The van der Waals surface area contributed by atoms with Crippen LogP contribution in [0.2, 0.25) is 0 Å². The highest BCUT2D eigenvalue weighted by Crippen LogP contribution is 2.13. The van der Waals surface area contributed by atoms with E-state index in [1.165, 1.54) is 32.4 Å². The lowest BCUT2D eigenvalue weighted by molar-refractivity contribution is 0.167. The summed E-state index contributed by atoms with van der Waals surface area (Å²) in [5.41, 5.74) is 0. The van der Waals surface area contributed by atoms with E-state index in [2.05, 4.69) is 34.4 Å². The summed E-state index contributed by atoms with van der Waals surface area (Å²) in [5.74, 6) is 1.94. The quantitative estimate of drug-likeness (QED) is 0.334. The number of likely N-dealkylation sites (tertiary alicyclic amines) is 1. The van der Waals surface area contributed by atoms with E-state index < -0.39 is 0 Å². The van der Waals surface area contributed by atoms with E-state index in [0.717, 1.165) is 50.6 Å². The second kappa shape index (κ2) is 13.4. The number of hydrogen-bond donors (Lipinski definition) is 2. The summed E-state index contributed by atoms with van der Waals surface area (Å²) in [4.78, 5) is 7.24. The van der Waals surface area contributed by atoms with Crippen molar-refractivity contribution in [3.8, 4) is 0 Å². The van der Waals surface area contributed by atoms with Crippen LogP contribution in [0.25, 0.3) is 0 Å². The number of nitrogens with zero attached hydrogens (tertiary/aromatic N) is 2. The molecule has 5 nitrogen and oxygen atoms in total. The first-order valence-electron chi connectivity index (χ1n) is 9.58. The smallest absolute Gasteiger partial charge is 0.191 e. The molecule has 1 aromatic heterocycles. The molecule has 1 aliphatic heterocycles. The summed E-state index contributed by atoms with van der Waals surface area (Å²) in [6.07, 6.45) is 8.94. The second-order valence-corrected chi connectivity index (χ2v) is 6.65. The van der Waals surface area contributed by atoms with Crippen LogP contribution in [0.3, 0.4) is 0 Å². The van der Waals surface area contributed by atoms with Gasteiger partial charge in [-0.1, -0.05) is 13.3 Å². The molecule has 1 aliphatic rings. The molecule has 0 aromatic carbocycles. The molecule has 2 rings (SSSR count). The minimum absolute atomic E-state index is 0. The molecule has 1 saturated heterocycles. The van der Waals surface area contributed by atoms with E-state index in [1.54, 1.807) is 6.26 Å². The molecular weight excluding hydrogens is 427 g/mol. The molecule has 0 spiro atoms. The van der Waals surface area contributed by atoms with E-state index in [9.17, 15) is 0 Å². The van der Waals surface area contributed by atoms with Crippen molar-refractivity contribution in [2.24, 2.45) is 4.99 Å². The summed E-state index contributed by atoms with van der Waals surface area (Å²) in [5, 5.41) is 6.90. The van der Waals surface area contributed by atoms with Crippen LogP contribution in [0.4, 0.5) is 0 Å². The van der Waals surface area contributed by atoms with Gasteiger partial charge in [-0.05, 0) is 57.8 Å². The molecule has 1 atom stereocenters. The SMILES string of the molecule is CCCN=C(NCCc1ccco1)NCCC(C)N1CCCCC1.I. The van der Waals surface area contributed by atoms with Crippen LogP contribution in [0.5, 0.6) is 0 Å². The predicted molar refractivity (Wildman–Crippen MR) is 116 cm³/mol. The zero-order chi connectivity index (χ0) is 17.0. The fourth-order valence-electron chi connectivity index (χ4n) is 3.10. The van der Waals surface area contributed by atoms with Crippen LogP contribution in [0.1, 0.15) is 51.7 Å². The highest BCUT2D eigenvalue weighted by Gasteiger charge is 2.16. The van der Waals surface area contributed by atoms with E-state index >= 15 is 0 Å². The highest BCUT2D eigenvalue weighted by atomic mass is 127. The number of nitrogens with one attached hydrogen (secondary N) is 2. The zero-order valence-electron chi connectivity index (χ0n) is 15.8. The molecule has 1 fully saturated rings. The predicted octanol–water partition coefficient (Wildman–Crippen LogP) is 3.65. The Morgan fingerprint density at radius 1 is 1.24 bits per heavy atom. The summed E-state index contributed by atoms with van der Waals surface area (Å²) >= 11 is 0. The van der Waals surface area contributed by atoms with Crippen molar-refractivity contribution in [3.05, 3.63) is 24.2 Å². The molecule has 144 valence electrons. The third-order valence-corrected chi connectivity index (χ3v) is 4.61. The molecule has 2 N–H and O–H groups in total. The van der Waals surface area contributed by atoms with Crippen LogP contribution < -0.4 is 10.6 Å². The van der Waals surface area contributed by atoms with E-state index in [0.29, 0.717) is 6.04 Å². The van der Waals surface area contributed by atoms with Crippen LogP contribution in [0.15, 0.2) is 27.8 Å². The molecule has 6 heteroatoms. The maximum atomic E-state index is 5.37. The minimum Gasteiger partial charge on any atom is -0.469 e. The molecule has 0 saturated carbocycles. The van der Waals surface area contributed by atoms with Gasteiger partial charge in [0, 0.05) is 32.1 Å². The highest BCUT2D eigenvalue weighted by molar-refractivity contribution is 14.0. The van der Waals surface area contributed by atoms with Crippen LogP contribution in [-0.4, -0.2) is 49.6 Å². The molecule has 0 bridgehead atoms. The first-order valence-corrected chi connectivity index (χ1v) is 9.58. The fraction of sp³-hybridized carbons (Fsp3) is 0.737. The van der Waals surface area contributed by atoms with Gasteiger partial charge in [0.25, 0.3) is 0 Å². The Morgan fingerprint density at radius 3 is 2.68 bits per heavy atom. The number of aliphatic imine (C=N–C) groups is 1. The number of guanidine groups is 1. The largest absolute Gasteiger partial charge is 0.469 e. The maximum Gasteiger partial charge on any atom is 0.191 e. The van der Waals surface area contributed by atoms with E-state index in [1.807, 2.05) is 12.1 Å². The number of furan rings is 1. The van der Waals surface area contributed by atoms with Crippen molar-refractivity contribution in [2.45, 2.75) is 58.4 Å². The van der Waals surface area contributed by atoms with Crippen molar-refractivity contribution in [1.82, 2.24) is 15.5 Å². The summed E-state index contributed by atoms with van der Waals surface area (Å²) in [6, 6.07) is 4.59. The van der Waals surface area contributed by atoms with Gasteiger partial charge in [0.15, 0.2) is 5.96 Å². The number of hydrogen-bond acceptors (Lipinski definition) is 3. The molecule has 0 radical (unpaired) electrons. The van der Waals surface area contributed by atoms with Crippen molar-refractivity contribution in [2.75, 3.05) is 32.7 Å². The van der Waals surface area contributed by atoms with Gasteiger partial charge in [-0.15, -0.1) is 24.0 Å². The Morgan fingerprint density at radius 2 is 2.00 bits per heavy atom. The van der Waals surface area contributed by atoms with Gasteiger partial charge in [-0.25, -0.2) is 0 Å². The normalized spacial score (nSPS) is 17.0. The molecule has 1 unspecified atom stereocenters. The maximum absolute atomic E-state index is 5.37. The number of rotatable bonds is 9. The van der Waals surface area contributed by atoms with Crippen molar-refractivity contribution < 1.29 is 4.42 Å². The Labute approximate surface area is 170 Å². The van der Waals surface area contributed by atoms with Gasteiger partial charge >= 0.3 is 0 Å². The molecule has 0 amide bonds. The third-order valence-electron chi connectivity index (χ3n) is 4.61. The summed E-state index contributed by atoms with van der Waals surface area (Å²) in [7, 11) is 0. The second-order valence-electron chi connectivity index (χ2n) is 6.65. The molecule has 25 heavy (non-hydrogen) atoms. The fourth-order valence-corrected chi connectivity index (χ4v) is 3.10. The van der Waals surface area contributed by atoms with Crippen LogP contribution in [-0.2, 0) is 6.42 Å². The Balaban J connectivity index is 0.00000312. The van der Waals surface area contributed by atoms with Crippen LogP contribution in [0, 0.1) is 0 Å². The van der Waals surface area contributed by atoms with Gasteiger partial charge in [0.05, 0.1) is 6.26 Å². The van der Waals surface area contributed by atoms with E-state index in [-0.39, 0.29) is 24.0 Å². The third kappa shape index (κ3) is 8.94. The van der Waals surface area contributed by atoms with Gasteiger partial charge in [0.2, 0.25) is 0 Å². The first kappa shape index (κ1) is 22.3. The summed E-state index contributed by atoms with van der Waals surface area (Å²) < 4.78 is 5.37. The average molecular weight is 462 g/mol. The molecule has 2 heterocycles. The lowest BCUT2D eigenvalue weighted by atomic mass is 10.1. The number of halogens is 1. The van der Waals surface area contributed by atoms with Gasteiger partial charge < -0.3 is 20.0 Å². The molecule has 0 aliphatic carbocycles. The van der Waals surface area contributed by atoms with Gasteiger partial charge in [-0.2, -0.15) is 0 Å². The van der Waals surface area contributed by atoms with E-state index in [4.69, 9.17) is 4.42 Å². The minimum atomic E-state index is 0. The Hall–Kier alpha value is -0.760. The van der Waals surface area contributed by atoms with Gasteiger partial charge in [-0.3, -0.25) is 4.99 Å². The lowest BCUT2D eigenvalue weighted by Crippen LogP contribution is -2.42. The topological polar surface area (TPSA) is 52.8 Å². The van der Waals surface area contributed by atoms with Crippen molar-refractivity contribution >= 4 is 29.9 Å². The first-order chi connectivity index (χ1) is 11.8. The Bertz CT molecular complexity index is 458. The lowest BCUT2D eigenvalue weighted by Gasteiger charge is -2.32. The van der Waals surface area contributed by atoms with Crippen molar-refractivity contribution in [1.29, 1.82) is 0 Å². The standard InChI is InChI=1S/C19H34N4O.HI/c1-3-11-20-19(22-13-10-18-8-7-16-24-18)21-12-9-17(2)23-14-5-4-6-15-23;/h7-8,16-17H,3-6,9-15H2,1-2H3,(H2,20,21,22);1H. The monoisotopic (exact) mass is 462 g/mol.